The Morgan fingerprint density at radius 2 is 1.86 bits per heavy atom. The van der Waals surface area contributed by atoms with Crippen LogP contribution >= 0.6 is 0 Å². The van der Waals surface area contributed by atoms with E-state index in [4.69, 9.17) is 10.5 Å². The van der Waals surface area contributed by atoms with Gasteiger partial charge in [-0.25, -0.2) is 13.6 Å². The molecular weight excluding hydrogens is 276 g/mol. The second-order valence-electron chi connectivity index (χ2n) is 4.86. The summed E-state index contributed by atoms with van der Waals surface area (Å²) in [6, 6.07) is 7.24. The molecule has 110 valence electrons. The molecule has 0 heterocycles. The number of carbonyl (C=O) groups is 1. The molecule has 3 nitrogen and oxygen atoms in total. The van der Waals surface area contributed by atoms with Crippen LogP contribution in [-0.2, 0) is 11.3 Å². The van der Waals surface area contributed by atoms with Crippen molar-refractivity contribution >= 4 is 11.7 Å². The van der Waals surface area contributed by atoms with Gasteiger partial charge in [0.05, 0.1) is 11.3 Å². The van der Waals surface area contributed by atoms with Gasteiger partial charge < -0.3 is 10.5 Å². The third kappa shape index (κ3) is 3.37. The molecule has 0 saturated heterocycles. The monoisotopic (exact) mass is 291 g/mol. The lowest BCUT2D eigenvalue weighted by molar-refractivity contribution is 0.0466. The van der Waals surface area contributed by atoms with Crippen LogP contribution in [0.2, 0.25) is 0 Å². The molecule has 0 bridgehead atoms. The molecule has 5 heteroatoms. The quantitative estimate of drug-likeness (QED) is 0.695. The minimum absolute atomic E-state index is 0.00220. The van der Waals surface area contributed by atoms with E-state index >= 15 is 0 Å². The third-order valence-corrected chi connectivity index (χ3v) is 3.17. The number of anilines is 1. The predicted octanol–water partition coefficient (Wildman–Crippen LogP) is 3.52. The summed E-state index contributed by atoms with van der Waals surface area (Å²) in [6.45, 7) is 3.80. The normalized spacial score (nSPS) is 10.5. The number of aryl methyl sites for hydroxylation is 2. The number of carbonyl (C=O) groups excluding carboxylic acids is 1. The predicted molar refractivity (Wildman–Crippen MR) is 75.8 cm³/mol. The average molecular weight is 291 g/mol. The van der Waals surface area contributed by atoms with Gasteiger partial charge in [0, 0.05) is 6.07 Å². The maximum atomic E-state index is 13.6. The zero-order valence-electron chi connectivity index (χ0n) is 11.7. The van der Waals surface area contributed by atoms with Crippen LogP contribution in [0.1, 0.15) is 27.0 Å². The van der Waals surface area contributed by atoms with Crippen LogP contribution in [0.4, 0.5) is 14.5 Å². The summed E-state index contributed by atoms with van der Waals surface area (Å²) in [4.78, 5) is 11.8. The molecule has 0 aliphatic heterocycles. The molecular formula is C16H15F2NO2. The van der Waals surface area contributed by atoms with Crippen LogP contribution in [0.5, 0.6) is 0 Å². The molecule has 0 fully saturated rings. The van der Waals surface area contributed by atoms with Crippen LogP contribution in [0.15, 0.2) is 30.3 Å². The maximum absolute atomic E-state index is 13.6. The molecule has 0 amide bonds. The Labute approximate surface area is 121 Å². The zero-order chi connectivity index (χ0) is 15.6. The minimum atomic E-state index is -0.924. The van der Waals surface area contributed by atoms with Crippen molar-refractivity contribution in [2.45, 2.75) is 20.5 Å². The van der Waals surface area contributed by atoms with Crippen LogP contribution in [0.25, 0.3) is 0 Å². The Bertz CT molecular complexity index is 699. The topological polar surface area (TPSA) is 52.3 Å². The molecule has 0 aliphatic rings. The molecule has 21 heavy (non-hydrogen) atoms. The van der Waals surface area contributed by atoms with Gasteiger partial charge in [-0.05, 0) is 31.0 Å². The van der Waals surface area contributed by atoms with E-state index < -0.39 is 23.2 Å². The standard InChI is InChI=1S/C16H15F2NO2/c1-9-3-4-10(2)11(5-9)8-21-16(20)12-6-14(18)15(19)7-13(12)17/h3-7H,8,19H2,1-2H3. The summed E-state index contributed by atoms with van der Waals surface area (Å²) in [5, 5.41) is 0. The van der Waals surface area contributed by atoms with E-state index in [-0.39, 0.29) is 12.3 Å². The average Bonchev–Trinajstić information content (AvgIpc) is 2.43. The lowest BCUT2D eigenvalue weighted by Crippen LogP contribution is -2.10. The van der Waals surface area contributed by atoms with E-state index in [0.717, 1.165) is 28.8 Å². The Morgan fingerprint density at radius 1 is 1.14 bits per heavy atom. The van der Waals surface area contributed by atoms with Crippen molar-refractivity contribution in [3.05, 3.63) is 64.2 Å². The molecule has 2 rings (SSSR count). The van der Waals surface area contributed by atoms with Crippen molar-refractivity contribution in [3.8, 4) is 0 Å². The second kappa shape index (κ2) is 5.91. The van der Waals surface area contributed by atoms with E-state index in [9.17, 15) is 13.6 Å². The lowest BCUT2D eigenvalue weighted by atomic mass is 10.1. The highest BCUT2D eigenvalue weighted by atomic mass is 19.1. The van der Waals surface area contributed by atoms with Gasteiger partial charge in [-0.15, -0.1) is 0 Å². The van der Waals surface area contributed by atoms with Gasteiger partial charge in [-0.3, -0.25) is 0 Å². The summed E-state index contributed by atoms with van der Waals surface area (Å²) in [5.74, 6) is -2.68. The summed E-state index contributed by atoms with van der Waals surface area (Å²) in [5.41, 5.74) is 7.21. The largest absolute Gasteiger partial charge is 0.457 e. The van der Waals surface area contributed by atoms with E-state index in [0.29, 0.717) is 0 Å². The smallest absolute Gasteiger partial charge is 0.341 e. The van der Waals surface area contributed by atoms with Gasteiger partial charge in [0.15, 0.2) is 0 Å². The fourth-order valence-electron chi connectivity index (χ4n) is 1.90. The summed E-state index contributed by atoms with van der Waals surface area (Å²) in [7, 11) is 0. The summed E-state index contributed by atoms with van der Waals surface area (Å²) < 4.78 is 31.9. The number of nitrogens with two attached hydrogens (primary N) is 1. The van der Waals surface area contributed by atoms with E-state index in [1.54, 1.807) is 0 Å². The molecule has 0 aliphatic carbocycles. The van der Waals surface area contributed by atoms with Crippen molar-refractivity contribution in [1.82, 2.24) is 0 Å². The first-order valence-electron chi connectivity index (χ1n) is 6.36. The Morgan fingerprint density at radius 3 is 2.57 bits per heavy atom. The van der Waals surface area contributed by atoms with Gasteiger partial charge in [0.25, 0.3) is 0 Å². The van der Waals surface area contributed by atoms with E-state index in [1.165, 1.54) is 0 Å². The molecule has 2 aromatic carbocycles. The Kier molecular flexibility index (Phi) is 4.21. The SMILES string of the molecule is Cc1ccc(C)c(COC(=O)c2cc(F)c(N)cc2F)c1. The van der Waals surface area contributed by atoms with Crippen LogP contribution in [-0.4, -0.2) is 5.97 Å². The fourth-order valence-corrected chi connectivity index (χ4v) is 1.90. The molecule has 0 radical (unpaired) electrons. The van der Waals surface area contributed by atoms with Gasteiger partial charge >= 0.3 is 5.97 Å². The summed E-state index contributed by atoms with van der Waals surface area (Å²) >= 11 is 0. The number of hydrogen-bond acceptors (Lipinski definition) is 3. The number of ether oxygens (including phenoxy) is 1. The van der Waals surface area contributed by atoms with Crippen LogP contribution in [0, 0.1) is 25.5 Å². The zero-order valence-corrected chi connectivity index (χ0v) is 11.7. The fraction of sp³-hybridized carbons (Fsp3) is 0.188. The van der Waals surface area contributed by atoms with E-state index in [1.807, 2.05) is 32.0 Å². The molecule has 2 aromatic rings. The maximum Gasteiger partial charge on any atom is 0.341 e. The third-order valence-electron chi connectivity index (χ3n) is 3.17. The highest BCUT2D eigenvalue weighted by Gasteiger charge is 2.16. The Balaban J connectivity index is 2.15. The number of esters is 1. The van der Waals surface area contributed by atoms with Gasteiger partial charge in [-0.2, -0.15) is 0 Å². The minimum Gasteiger partial charge on any atom is -0.457 e. The Hall–Kier alpha value is -2.43. The highest BCUT2D eigenvalue weighted by molar-refractivity contribution is 5.90. The van der Waals surface area contributed by atoms with Crippen molar-refractivity contribution in [3.63, 3.8) is 0 Å². The molecule has 0 atom stereocenters. The number of rotatable bonds is 3. The van der Waals surface area contributed by atoms with Crippen LogP contribution in [0.3, 0.4) is 0 Å². The first kappa shape index (κ1) is 15.0. The molecule has 2 N–H and O–H groups in total. The first-order chi connectivity index (χ1) is 9.88. The number of halogens is 2. The molecule has 0 unspecified atom stereocenters. The number of hydrogen-bond donors (Lipinski definition) is 1. The number of benzene rings is 2. The van der Waals surface area contributed by atoms with Gasteiger partial charge in [0.2, 0.25) is 0 Å². The second-order valence-corrected chi connectivity index (χ2v) is 4.86. The van der Waals surface area contributed by atoms with Gasteiger partial charge in [0.1, 0.15) is 18.2 Å². The molecule has 0 aromatic heterocycles. The molecule has 0 saturated carbocycles. The van der Waals surface area contributed by atoms with Gasteiger partial charge in [-0.1, -0.05) is 23.8 Å². The number of nitrogen functional groups attached to an aromatic ring is 1. The van der Waals surface area contributed by atoms with Crippen molar-refractivity contribution < 1.29 is 18.3 Å². The first-order valence-corrected chi connectivity index (χ1v) is 6.36. The molecule has 0 spiro atoms. The lowest BCUT2D eigenvalue weighted by Gasteiger charge is -2.09. The van der Waals surface area contributed by atoms with E-state index in [2.05, 4.69) is 0 Å². The summed E-state index contributed by atoms with van der Waals surface area (Å²) in [6.07, 6.45) is 0. The van der Waals surface area contributed by atoms with Crippen molar-refractivity contribution in [2.24, 2.45) is 0 Å². The van der Waals surface area contributed by atoms with Crippen molar-refractivity contribution in [1.29, 1.82) is 0 Å². The highest BCUT2D eigenvalue weighted by Crippen LogP contribution is 2.18. The van der Waals surface area contributed by atoms with Crippen LogP contribution < -0.4 is 5.73 Å². The van der Waals surface area contributed by atoms with Crippen molar-refractivity contribution in [2.75, 3.05) is 5.73 Å².